The van der Waals surface area contributed by atoms with Gasteiger partial charge in [-0.15, -0.1) is 0 Å². The Kier molecular flexibility index (Phi) is 5.58. The van der Waals surface area contributed by atoms with Crippen LogP contribution in [0.5, 0.6) is 0 Å². The Labute approximate surface area is 108 Å². The molecule has 2 unspecified atom stereocenters. The summed E-state index contributed by atoms with van der Waals surface area (Å²) in [6, 6.07) is 3.57. The maximum atomic E-state index is 11.9. The van der Waals surface area contributed by atoms with Gasteiger partial charge in [0.25, 0.3) is 0 Å². The number of nitrogens with one attached hydrogen (secondary N) is 1. The molecule has 0 bridgehead atoms. The van der Waals surface area contributed by atoms with Crippen LogP contribution >= 0.6 is 0 Å². The van der Waals surface area contributed by atoms with Crippen molar-refractivity contribution in [1.29, 1.82) is 0 Å². The average molecular weight is 251 g/mol. The number of hydrogen-bond acceptors (Lipinski definition) is 3. The van der Waals surface area contributed by atoms with Gasteiger partial charge in [0.05, 0.1) is 12.1 Å². The second kappa shape index (κ2) is 6.96. The van der Waals surface area contributed by atoms with Gasteiger partial charge in [-0.1, -0.05) is 6.92 Å². The summed E-state index contributed by atoms with van der Waals surface area (Å²) in [7, 11) is 1.67. The third-order valence-corrected chi connectivity index (χ3v) is 2.70. The minimum atomic E-state index is -0.526. The smallest absolute Gasteiger partial charge is 0.317 e. The number of carbonyl (C=O) groups is 1. The van der Waals surface area contributed by atoms with Crippen molar-refractivity contribution < 1.29 is 9.90 Å². The molecule has 1 aromatic heterocycles. The molecule has 1 aromatic rings. The number of aliphatic hydroxyl groups is 1. The highest BCUT2D eigenvalue weighted by molar-refractivity contribution is 5.74. The summed E-state index contributed by atoms with van der Waals surface area (Å²) < 4.78 is 0. The number of aromatic nitrogens is 1. The van der Waals surface area contributed by atoms with Crippen molar-refractivity contribution in [1.82, 2.24) is 15.2 Å². The highest BCUT2D eigenvalue weighted by Crippen LogP contribution is 2.15. The summed E-state index contributed by atoms with van der Waals surface area (Å²) >= 11 is 0. The number of likely N-dealkylation sites (N-methyl/N-ethyl adjacent to an activating group) is 1. The number of carbonyl (C=O) groups excluding carboxylic acids is 1. The molecule has 2 amide bonds. The summed E-state index contributed by atoms with van der Waals surface area (Å²) in [5.41, 5.74) is 1.03. The molecule has 0 aliphatic heterocycles. The van der Waals surface area contributed by atoms with E-state index in [2.05, 4.69) is 10.3 Å². The number of nitrogens with zero attached hydrogens (tertiary/aromatic N) is 2. The molecule has 0 saturated carbocycles. The van der Waals surface area contributed by atoms with E-state index in [0.29, 0.717) is 6.54 Å². The van der Waals surface area contributed by atoms with Gasteiger partial charge in [0, 0.05) is 26.0 Å². The number of amides is 2. The molecule has 5 heteroatoms. The van der Waals surface area contributed by atoms with E-state index in [1.54, 1.807) is 26.4 Å². The quantitative estimate of drug-likeness (QED) is 0.834. The van der Waals surface area contributed by atoms with E-state index in [4.69, 9.17) is 0 Å². The molecule has 18 heavy (non-hydrogen) atoms. The van der Waals surface area contributed by atoms with E-state index in [-0.39, 0.29) is 12.1 Å². The lowest BCUT2D eigenvalue weighted by molar-refractivity contribution is 0.142. The zero-order valence-corrected chi connectivity index (χ0v) is 11.1. The topological polar surface area (TPSA) is 65.5 Å². The van der Waals surface area contributed by atoms with Gasteiger partial charge in [0.2, 0.25) is 0 Å². The van der Waals surface area contributed by atoms with Crippen molar-refractivity contribution in [2.75, 3.05) is 13.6 Å². The second-order valence-electron chi connectivity index (χ2n) is 4.42. The van der Waals surface area contributed by atoms with Crippen LogP contribution in [0.25, 0.3) is 0 Å². The SMILES string of the molecule is CCC(NC(=O)N(C)CC(C)O)c1ccncc1. The van der Waals surface area contributed by atoms with Gasteiger partial charge in [0.1, 0.15) is 0 Å². The highest BCUT2D eigenvalue weighted by Gasteiger charge is 2.16. The van der Waals surface area contributed by atoms with Gasteiger partial charge in [-0.2, -0.15) is 0 Å². The lowest BCUT2D eigenvalue weighted by Gasteiger charge is -2.24. The first-order valence-corrected chi connectivity index (χ1v) is 6.14. The van der Waals surface area contributed by atoms with Crippen molar-refractivity contribution in [2.45, 2.75) is 32.4 Å². The first kappa shape index (κ1) is 14.4. The maximum Gasteiger partial charge on any atom is 0.317 e. The molecule has 0 radical (unpaired) electrons. The normalized spacial score (nSPS) is 13.8. The van der Waals surface area contributed by atoms with Crippen molar-refractivity contribution in [3.63, 3.8) is 0 Å². The van der Waals surface area contributed by atoms with Crippen molar-refractivity contribution in [2.24, 2.45) is 0 Å². The molecule has 2 N–H and O–H groups in total. The molecule has 2 atom stereocenters. The molecular formula is C13H21N3O2. The average Bonchev–Trinajstić information content (AvgIpc) is 2.35. The molecule has 1 heterocycles. The summed E-state index contributed by atoms with van der Waals surface area (Å²) in [4.78, 5) is 17.3. The Morgan fingerprint density at radius 2 is 2.11 bits per heavy atom. The van der Waals surface area contributed by atoms with Crippen LogP contribution in [0.15, 0.2) is 24.5 Å². The molecule has 0 fully saturated rings. The Bertz CT molecular complexity index is 368. The lowest BCUT2D eigenvalue weighted by Crippen LogP contribution is -2.42. The molecule has 0 saturated heterocycles. The zero-order chi connectivity index (χ0) is 13.5. The number of rotatable bonds is 5. The van der Waals surface area contributed by atoms with E-state index in [0.717, 1.165) is 12.0 Å². The van der Waals surface area contributed by atoms with Gasteiger partial charge in [-0.25, -0.2) is 4.79 Å². The fraction of sp³-hybridized carbons (Fsp3) is 0.538. The van der Waals surface area contributed by atoms with E-state index >= 15 is 0 Å². The first-order chi connectivity index (χ1) is 8.54. The molecule has 0 aromatic carbocycles. The predicted molar refractivity (Wildman–Crippen MR) is 70.1 cm³/mol. The Balaban J connectivity index is 2.61. The molecule has 100 valence electrons. The Hall–Kier alpha value is -1.62. The number of hydrogen-bond donors (Lipinski definition) is 2. The van der Waals surface area contributed by atoms with Crippen LogP contribution in [0.1, 0.15) is 31.9 Å². The van der Waals surface area contributed by atoms with Crippen molar-refractivity contribution >= 4 is 6.03 Å². The van der Waals surface area contributed by atoms with E-state index < -0.39 is 6.10 Å². The first-order valence-electron chi connectivity index (χ1n) is 6.14. The van der Waals surface area contributed by atoms with Crippen LogP contribution < -0.4 is 5.32 Å². The Morgan fingerprint density at radius 3 is 2.61 bits per heavy atom. The third-order valence-electron chi connectivity index (χ3n) is 2.70. The zero-order valence-electron chi connectivity index (χ0n) is 11.1. The predicted octanol–water partition coefficient (Wildman–Crippen LogP) is 1.55. The minimum absolute atomic E-state index is 0.0306. The van der Waals surface area contributed by atoms with Gasteiger partial charge in [-0.3, -0.25) is 4.98 Å². The van der Waals surface area contributed by atoms with Crippen LogP contribution in [0.2, 0.25) is 0 Å². The number of pyridine rings is 1. The largest absolute Gasteiger partial charge is 0.392 e. The van der Waals surface area contributed by atoms with E-state index in [1.165, 1.54) is 4.90 Å². The van der Waals surface area contributed by atoms with E-state index in [1.807, 2.05) is 19.1 Å². The summed E-state index contributed by atoms with van der Waals surface area (Å²) in [5, 5.41) is 12.2. The maximum absolute atomic E-state index is 11.9. The van der Waals surface area contributed by atoms with Crippen LogP contribution in [-0.4, -0.2) is 40.7 Å². The molecular weight excluding hydrogens is 230 g/mol. The molecule has 0 aliphatic carbocycles. The summed E-state index contributed by atoms with van der Waals surface area (Å²) in [6.45, 7) is 3.99. The second-order valence-corrected chi connectivity index (χ2v) is 4.42. The highest BCUT2D eigenvalue weighted by atomic mass is 16.3. The fourth-order valence-corrected chi connectivity index (χ4v) is 1.76. The minimum Gasteiger partial charge on any atom is -0.392 e. The van der Waals surface area contributed by atoms with Crippen molar-refractivity contribution in [3.8, 4) is 0 Å². The standard InChI is InChI=1S/C13H21N3O2/c1-4-12(11-5-7-14-8-6-11)15-13(18)16(3)9-10(2)17/h5-8,10,12,17H,4,9H2,1-3H3,(H,15,18). The molecule has 0 aliphatic rings. The molecule has 0 spiro atoms. The van der Waals surface area contributed by atoms with Gasteiger partial charge >= 0.3 is 6.03 Å². The third kappa shape index (κ3) is 4.33. The van der Waals surface area contributed by atoms with Gasteiger partial charge in [-0.05, 0) is 31.0 Å². The summed E-state index contributed by atoms with van der Waals surface area (Å²) in [5.74, 6) is 0. The van der Waals surface area contributed by atoms with Crippen LogP contribution in [0, 0.1) is 0 Å². The molecule has 5 nitrogen and oxygen atoms in total. The fourth-order valence-electron chi connectivity index (χ4n) is 1.76. The number of aliphatic hydroxyl groups excluding tert-OH is 1. The molecule has 1 rings (SSSR count). The monoisotopic (exact) mass is 251 g/mol. The van der Waals surface area contributed by atoms with Crippen LogP contribution in [-0.2, 0) is 0 Å². The summed E-state index contributed by atoms with van der Waals surface area (Å²) in [6.07, 6.45) is 3.70. The number of urea groups is 1. The van der Waals surface area contributed by atoms with Crippen LogP contribution in [0.3, 0.4) is 0 Å². The van der Waals surface area contributed by atoms with Gasteiger partial charge in [0.15, 0.2) is 0 Å². The van der Waals surface area contributed by atoms with Crippen molar-refractivity contribution in [3.05, 3.63) is 30.1 Å². The Morgan fingerprint density at radius 1 is 1.50 bits per heavy atom. The van der Waals surface area contributed by atoms with Crippen LogP contribution in [0.4, 0.5) is 4.79 Å². The van der Waals surface area contributed by atoms with Gasteiger partial charge < -0.3 is 15.3 Å². The lowest BCUT2D eigenvalue weighted by atomic mass is 10.1. The van der Waals surface area contributed by atoms with E-state index in [9.17, 15) is 9.90 Å².